The number of aryl methyl sites for hydroxylation is 1. The highest BCUT2D eigenvalue weighted by Gasteiger charge is 2.20. The lowest BCUT2D eigenvalue weighted by Crippen LogP contribution is -2.37. The number of imidazole rings is 1. The molecule has 0 saturated heterocycles. The third-order valence-electron chi connectivity index (χ3n) is 4.48. The maximum atomic E-state index is 14.2. The molecule has 0 radical (unpaired) electrons. The van der Waals surface area contributed by atoms with E-state index in [4.69, 9.17) is 0 Å². The monoisotopic (exact) mass is 374 g/mol. The van der Waals surface area contributed by atoms with Crippen molar-refractivity contribution in [3.63, 3.8) is 0 Å². The Hall–Kier alpha value is -2.94. The zero-order chi connectivity index (χ0) is 19.7. The minimum Gasteiger partial charge on any atom is -0.354 e. The number of nitrogens with one attached hydrogen (secondary N) is 1. The number of aromatic nitrogens is 4. The van der Waals surface area contributed by atoms with Gasteiger partial charge in [0.1, 0.15) is 5.82 Å². The fourth-order valence-corrected chi connectivity index (χ4v) is 2.92. The van der Waals surface area contributed by atoms with E-state index in [9.17, 15) is 14.0 Å². The molecule has 0 amide bonds. The molecular formula is C18H23FN6O2. The lowest BCUT2D eigenvalue weighted by Gasteiger charge is -2.13. The minimum atomic E-state index is -0.461. The third kappa shape index (κ3) is 3.50. The van der Waals surface area contributed by atoms with E-state index >= 15 is 0 Å². The summed E-state index contributed by atoms with van der Waals surface area (Å²) < 4.78 is 18.2. The number of rotatable bonds is 6. The molecule has 0 aliphatic carbocycles. The van der Waals surface area contributed by atoms with E-state index in [2.05, 4.69) is 10.3 Å². The molecule has 1 aromatic carbocycles. The average Bonchev–Trinajstić information content (AvgIpc) is 2.98. The Labute approximate surface area is 155 Å². The Morgan fingerprint density at radius 3 is 2.52 bits per heavy atom. The van der Waals surface area contributed by atoms with Gasteiger partial charge in [0.05, 0.1) is 6.54 Å². The first kappa shape index (κ1) is 18.8. The summed E-state index contributed by atoms with van der Waals surface area (Å²) in [7, 11) is 6.88. The predicted octanol–water partition coefficient (Wildman–Crippen LogP) is 0.595. The van der Waals surface area contributed by atoms with Crippen LogP contribution in [0.25, 0.3) is 11.2 Å². The number of halogens is 1. The second kappa shape index (κ2) is 7.36. The molecule has 0 fully saturated rings. The van der Waals surface area contributed by atoms with E-state index in [-0.39, 0.29) is 23.5 Å². The molecule has 1 N–H and O–H groups in total. The molecule has 0 atom stereocenters. The second-order valence-corrected chi connectivity index (χ2v) is 6.72. The van der Waals surface area contributed by atoms with E-state index in [1.165, 1.54) is 17.7 Å². The third-order valence-corrected chi connectivity index (χ3v) is 4.48. The molecule has 2 aromatic heterocycles. The Balaban J connectivity index is 2.19. The molecule has 0 aliphatic rings. The summed E-state index contributed by atoms with van der Waals surface area (Å²) in [6, 6.07) is 6.40. The number of anilines is 1. The minimum absolute atomic E-state index is 0.126. The summed E-state index contributed by atoms with van der Waals surface area (Å²) in [6.07, 6.45) is 0. The summed E-state index contributed by atoms with van der Waals surface area (Å²) in [4.78, 5) is 31.4. The molecular weight excluding hydrogens is 351 g/mol. The van der Waals surface area contributed by atoms with Crippen LogP contribution in [0.3, 0.4) is 0 Å². The quantitative estimate of drug-likeness (QED) is 0.684. The van der Waals surface area contributed by atoms with E-state index < -0.39 is 11.2 Å². The van der Waals surface area contributed by atoms with Crippen molar-refractivity contribution in [1.82, 2.24) is 23.6 Å². The smallest absolute Gasteiger partial charge is 0.332 e. The first-order valence-electron chi connectivity index (χ1n) is 8.59. The molecule has 8 nitrogen and oxygen atoms in total. The number of likely N-dealkylation sites (N-methyl/N-ethyl adjacent to an activating group) is 1. The molecule has 0 bridgehead atoms. The molecule has 144 valence electrons. The molecule has 0 aliphatic heterocycles. The van der Waals surface area contributed by atoms with Crippen LogP contribution in [0.5, 0.6) is 0 Å². The number of nitrogens with zero attached hydrogens (tertiary/aromatic N) is 5. The molecule has 9 heteroatoms. The van der Waals surface area contributed by atoms with Crippen molar-refractivity contribution >= 4 is 17.1 Å². The Kier molecular flexibility index (Phi) is 5.13. The molecule has 27 heavy (non-hydrogen) atoms. The zero-order valence-electron chi connectivity index (χ0n) is 15.9. The van der Waals surface area contributed by atoms with Gasteiger partial charge >= 0.3 is 5.69 Å². The summed E-state index contributed by atoms with van der Waals surface area (Å²) in [5, 5.41) is 3.19. The molecule has 2 heterocycles. The highest BCUT2D eigenvalue weighted by Crippen LogP contribution is 2.19. The summed E-state index contributed by atoms with van der Waals surface area (Å²) >= 11 is 0. The van der Waals surface area contributed by atoms with Gasteiger partial charge in [-0.2, -0.15) is 4.98 Å². The van der Waals surface area contributed by atoms with Gasteiger partial charge in [0.15, 0.2) is 11.2 Å². The maximum absolute atomic E-state index is 14.2. The van der Waals surface area contributed by atoms with E-state index in [1.807, 2.05) is 19.0 Å². The van der Waals surface area contributed by atoms with Crippen molar-refractivity contribution in [2.24, 2.45) is 14.1 Å². The van der Waals surface area contributed by atoms with Crippen LogP contribution in [-0.4, -0.2) is 50.8 Å². The van der Waals surface area contributed by atoms with Gasteiger partial charge in [-0.3, -0.25) is 18.5 Å². The largest absolute Gasteiger partial charge is 0.354 e. The van der Waals surface area contributed by atoms with Crippen molar-refractivity contribution in [1.29, 1.82) is 0 Å². The fourth-order valence-electron chi connectivity index (χ4n) is 2.92. The molecule has 3 aromatic rings. The second-order valence-electron chi connectivity index (χ2n) is 6.72. The predicted molar refractivity (Wildman–Crippen MR) is 103 cm³/mol. The van der Waals surface area contributed by atoms with E-state index in [1.54, 1.807) is 29.8 Å². The van der Waals surface area contributed by atoms with Gasteiger partial charge in [-0.25, -0.2) is 9.18 Å². The van der Waals surface area contributed by atoms with Gasteiger partial charge in [0.25, 0.3) is 5.56 Å². The first-order chi connectivity index (χ1) is 12.8. The molecule has 0 spiro atoms. The van der Waals surface area contributed by atoms with Gasteiger partial charge < -0.3 is 10.2 Å². The van der Waals surface area contributed by atoms with Crippen LogP contribution in [0.2, 0.25) is 0 Å². The van der Waals surface area contributed by atoms with E-state index in [0.29, 0.717) is 18.1 Å². The average molecular weight is 374 g/mol. The van der Waals surface area contributed by atoms with Crippen LogP contribution < -0.4 is 16.6 Å². The SMILES string of the molecule is CN(C)CCNc1nc2c(c(=O)n(C)c(=O)n2C)n1Cc1ccccc1F. The Morgan fingerprint density at radius 2 is 1.85 bits per heavy atom. The van der Waals surface area contributed by atoms with Gasteiger partial charge in [0.2, 0.25) is 5.95 Å². The summed E-state index contributed by atoms with van der Waals surface area (Å²) in [5.74, 6) is 0.0636. The number of fused-ring (bicyclic) bond motifs is 1. The Morgan fingerprint density at radius 1 is 1.15 bits per heavy atom. The number of hydrogen-bond acceptors (Lipinski definition) is 5. The highest BCUT2D eigenvalue weighted by atomic mass is 19.1. The molecule has 0 saturated carbocycles. The van der Waals surface area contributed by atoms with Gasteiger partial charge in [-0.1, -0.05) is 18.2 Å². The van der Waals surface area contributed by atoms with Crippen LogP contribution >= 0.6 is 0 Å². The van der Waals surface area contributed by atoms with Crippen molar-refractivity contribution in [2.75, 3.05) is 32.5 Å². The summed E-state index contributed by atoms with van der Waals surface area (Å²) in [6.45, 7) is 1.46. The van der Waals surface area contributed by atoms with Crippen molar-refractivity contribution in [3.8, 4) is 0 Å². The van der Waals surface area contributed by atoms with Crippen LogP contribution in [0.15, 0.2) is 33.9 Å². The van der Waals surface area contributed by atoms with Crippen LogP contribution in [0.4, 0.5) is 10.3 Å². The summed E-state index contributed by atoms with van der Waals surface area (Å²) in [5.41, 5.74) is 0.0471. The lowest BCUT2D eigenvalue weighted by atomic mass is 10.2. The van der Waals surface area contributed by atoms with Crippen LogP contribution in [-0.2, 0) is 20.6 Å². The van der Waals surface area contributed by atoms with Crippen molar-refractivity contribution in [2.45, 2.75) is 6.54 Å². The van der Waals surface area contributed by atoms with Crippen LogP contribution in [0.1, 0.15) is 5.56 Å². The van der Waals surface area contributed by atoms with Crippen molar-refractivity contribution in [3.05, 3.63) is 56.5 Å². The van der Waals surface area contributed by atoms with Gasteiger partial charge in [-0.15, -0.1) is 0 Å². The number of benzene rings is 1. The molecule has 3 rings (SSSR count). The molecule has 0 unspecified atom stereocenters. The first-order valence-corrected chi connectivity index (χ1v) is 8.59. The topological polar surface area (TPSA) is 77.1 Å². The van der Waals surface area contributed by atoms with Crippen molar-refractivity contribution < 1.29 is 4.39 Å². The standard InChI is InChI=1S/C18H23FN6O2/c1-22(2)10-9-20-17-21-15-14(16(26)24(4)18(27)23(15)3)25(17)11-12-7-5-6-8-13(12)19/h5-8H,9-11H2,1-4H3,(H,20,21). The zero-order valence-corrected chi connectivity index (χ0v) is 15.9. The normalized spacial score (nSPS) is 11.5. The Bertz CT molecular complexity index is 1100. The van der Waals surface area contributed by atoms with Crippen LogP contribution in [0, 0.1) is 5.82 Å². The number of hydrogen-bond donors (Lipinski definition) is 1. The van der Waals surface area contributed by atoms with E-state index in [0.717, 1.165) is 11.1 Å². The highest BCUT2D eigenvalue weighted by molar-refractivity contribution is 5.74. The maximum Gasteiger partial charge on any atom is 0.332 e. The fraction of sp³-hybridized carbons (Fsp3) is 0.389. The lowest BCUT2D eigenvalue weighted by molar-refractivity contribution is 0.424. The van der Waals surface area contributed by atoms with Gasteiger partial charge in [0, 0.05) is 32.7 Å². The van der Waals surface area contributed by atoms with Gasteiger partial charge in [-0.05, 0) is 20.2 Å².